The quantitative estimate of drug-likeness (QED) is 0.906. The maximum atomic E-state index is 4.10. The molecule has 1 aliphatic heterocycles. The lowest BCUT2D eigenvalue weighted by Crippen LogP contribution is -2.46. The van der Waals surface area contributed by atoms with Gasteiger partial charge in [-0.15, -0.1) is 0 Å². The van der Waals surface area contributed by atoms with Crippen LogP contribution in [0.15, 0.2) is 48.8 Å². The lowest BCUT2D eigenvalue weighted by atomic mass is 10.1. The van der Waals surface area contributed by atoms with Gasteiger partial charge >= 0.3 is 0 Å². The molecule has 1 aromatic carbocycles. The largest absolute Gasteiger partial charge is 0.365 e. The number of hydrogen-bond donors (Lipinski definition) is 1. The predicted molar refractivity (Wildman–Crippen MR) is 82.6 cm³/mol. The van der Waals surface area contributed by atoms with Crippen molar-refractivity contribution in [2.75, 3.05) is 11.4 Å². The first-order valence-electron chi connectivity index (χ1n) is 7.11. The van der Waals surface area contributed by atoms with Crippen LogP contribution in [0.1, 0.15) is 25.0 Å². The lowest BCUT2D eigenvalue weighted by Gasteiger charge is -2.32. The minimum Gasteiger partial charge on any atom is -0.365 e. The van der Waals surface area contributed by atoms with Gasteiger partial charge in [-0.05, 0) is 43.2 Å². The molecule has 3 heteroatoms. The maximum absolute atomic E-state index is 4.10. The minimum atomic E-state index is 0.103. The van der Waals surface area contributed by atoms with Crippen molar-refractivity contribution in [2.24, 2.45) is 0 Å². The van der Waals surface area contributed by atoms with Gasteiger partial charge in [0.25, 0.3) is 0 Å². The number of nitrogens with one attached hydrogen (secondary N) is 1. The molecule has 3 rings (SSSR count). The second kappa shape index (κ2) is 5.25. The highest BCUT2D eigenvalue weighted by Gasteiger charge is 2.26. The smallest absolute Gasteiger partial charge is 0.0431 e. The van der Waals surface area contributed by atoms with E-state index in [1.807, 2.05) is 12.4 Å². The highest BCUT2D eigenvalue weighted by atomic mass is 15.2. The Morgan fingerprint density at radius 1 is 1.15 bits per heavy atom. The van der Waals surface area contributed by atoms with Crippen molar-refractivity contribution < 1.29 is 0 Å². The number of hydrogen-bond acceptors (Lipinski definition) is 3. The molecule has 1 aromatic heterocycles. The first-order chi connectivity index (χ1) is 9.64. The van der Waals surface area contributed by atoms with E-state index in [9.17, 15) is 0 Å². The molecule has 0 unspecified atom stereocenters. The van der Waals surface area contributed by atoms with Crippen LogP contribution in [0.3, 0.4) is 0 Å². The number of benzene rings is 1. The average Bonchev–Trinajstić information content (AvgIpc) is 2.57. The summed E-state index contributed by atoms with van der Waals surface area (Å²) in [5.74, 6) is 0. The molecule has 0 spiro atoms. The van der Waals surface area contributed by atoms with E-state index < -0.39 is 0 Å². The van der Waals surface area contributed by atoms with Gasteiger partial charge in [0.05, 0.1) is 0 Å². The summed E-state index contributed by atoms with van der Waals surface area (Å²) < 4.78 is 0. The second-order valence-corrected chi connectivity index (χ2v) is 6.08. The third kappa shape index (κ3) is 2.83. The molecule has 0 fully saturated rings. The van der Waals surface area contributed by atoms with E-state index in [4.69, 9.17) is 0 Å². The third-order valence-corrected chi connectivity index (χ3v) is 3.80. The lowest BCUT2D eigenvalue weighted by molar-refractivity contribution is 0.395. The van der Waals surface area contributed by atoms with Crippen LogP contribution < -0.4 is 10.2 Å². The van der Waals surface area contributed by atoms with Gasteiger partial charge in [0, 0.05) is 43.3 Å². The van der Waals surface area contributed by atoms with E-state index >= 15 is 0 Å². The third-order valence-electron chi connectivity index (χ3n) is 3.80. The molecule has 2 aromatic rings. The second-order valence-electron chi connectivity index (χ2n) is 6.08. The van der Waals surface area contributed by atoms with Crippen LogP contribution >= 0.6 is 0 Å². The molecule has 0 saturated heterocycles. The zero-order chi connectivity index (χ0) is 14.0. The fraction of sp³-hybridized carbons (Fsp3) is 0.353. The Hall–Kier alpha value is -1.87. The number of nitrogens with zero attached hydrogens (tertiary/aromatic N) is 2. The van der Waals surface area contributed by atoms with Crippen LogP contribution in [0.5, 0.6) is 0 Å². The normalized spacial score (nSPS) is 17.4. The molecule has 1 N–H and O–H groups in total. The Bertz CT molecular complexity index is 578. The summed E-state index contributed by atoms with van der Waals surface area (Å²) in [5.41, 5.74) is 4.11. The number of rotatable bonds is 2. The Labute approximate surface area is 120 Å². The van der Waals surface area contributed by atoms with E-state index in [0.29, 0.717) is 0 Å². The van der Waals surface area contributed by atoms with Crippen LogP contribution in [-0.2, 0) is 13.1 Å². The van der Waals surface area contributed by atoms with Gasteiger partial charge < -0.3 is 10.2 Å². The molecule has 0 bridgehead atoms. The highest BCUT2D eigenvalue weighted by Crippen LogP contribution is 2.27. The fourth-order valence-corrected chi connectivity index (χ4v) is 2.77. The van der Waals surface area contributed by atoms with Crippen LogP contribution in [-0.4, -0.2) is 17.1 Å². The van der Waals surface area contributed by atoms with Gasteiger partial charge in [-0.1, -0.05) is 18.2 Å². The SMILES string of the molecule is CC1(C)CN(Cc2ccncc2)c2ccccc2CN1. The first-order valence-corrected chi connectivity index (χ1v) is 7.11. The average molecular weight is 267 g/mol. The molecule has 3 nitrogen and oxygen atoms in total. The molecule has 0 amide bonds. The summed E-state index contributed by atoms with van der Waals surface area (Å²) in [6, 6.07) is 12.9. The zero-order valence-corrected chi connectivity index (χ0v) is 12.1. The van der Waals surface area contributed by atoms with Crippen molar-refractivity contribution in [3.63, 3.8) is 0 Å². The van der Waals surface area contributed by atoms with Crippen LogP contribution in [0, 0.1) is 0 Å². The highest BCUT2D eigenvalue weighted by molar-refractivity contribution is 5.55. The molecule has 1 aliphatic rings. The Kier molecular flexibility index (Phi) is 3.45. The van der Waals surface area contributed by atoms with Gasteiger partial charge in [0.2, 0.25) is 0 Å². The number of aromatic nitrogens is 1. The molecule has 104 valence electrons. The first kappa shape index (κ1) is 13.1. The standard InChI is InChI=1S/C17H21N3/c1-17(2)13-20(12-14-7-9-18-10-8-14)16-6-4-3-5-15(16)11-19-17/h3-10,19H,11-13H2,1-2H3. The molecule has 0 aliphatic carbocycles. The van der Waals surface area contributed by atoms with Gasteiger partial charge in [-0.3, -0.25) is 4.98 Å². The molecule has 20 heavy (non-hydrogen) atoms. The van der Waals surface area contributed by atoms with Crippen molar-refractivity contribution in [1.82, 2.24) is 10.3 Å². The summed E-state index contributed by atoms with van der Waals surface area (Å²) in [4.78, 5) is 6.56. The summed E-state index contributed by atoms with van der Waals surface area (Å²) >= 11 is 0. The number of fused-ring (bicyclic) bond motifs is 1. The van der Waals surface area contributed by atoms with Gasteiger partial charge in [-0.2, -0.15) is 0 Å². The van der Waals surface area contributed by atoms with E-state index in [1.165, 1.54) is 16.8 Å². The molecule has 0 atom stereocenters. The van der Waals surface area contributed by atoms with Gasteiger partial charge in [0.15, 0.2) is 0 Å². The van der Waals surface area contributed by atoms with E-state index in [-0.39, 0.29) is 5.54 Å². The maximum Gasteiger partial charge on any atom is 0.0431 e. The van der Waals surface area contributed by atoms with E-state index in [0.717, 1.165) is 19.6 Å². The Morgan fingerprint density at radius 2 is 1.90 bits per heavy atom. The van der Waals surface area contributed by atoms with Crippen LogP contribution in [0.25, 0.3) is 0 Å². The number of anilines is 1. The molecule has 2 heterocycles. The van der Waals surface area contributed by atoms with Crippen LogP contribution in [0.2, 0.25) is 0 Å². The van der Waals surface area contributed by atoms with Crippen molar-refractivity contribution in [1.29, 1.82) is 0 Å². The zero-order valence-electron chi connectivity index (χ0n) is 12.1. The predicted octanol–water partition coefficient (Wildman–Crippen LogP) is 2.97. The summed E-state index contributed by atoms with van der Waals surface area (Å²) in [5, 5.41) is 3.64. The van der Waals surface area contributed by atoms with Crippen molar-refractivity contribution >= 4 is 5.69 Å². The van der Waals surface area contributed by atoms with Crippen LogP contribution in [0.4, 0.5) is 5.69 Å². The van der Waals surface area contributed by atoms with Crippen molar-refractivity contribution in [3.05, 3.63) is 59.9 Å². The fourth-order valence-electron chi connectivity index (χ4n) is 2.77. The summed E-state index contributed by atoms with van der Waals surface area (Å²) in [7, 11) is 0. The minimum absolute atomic E-state index is 0.103. The molecule has 0 radical (unpaired) electrons. The Balaban J connectivity index is 1.94. The summed E-state index contributed by atoms with van der Waals surface area (Å²) in [6.45, 7) is 7.36. The van der Waals surface area contributed by atoms with Gasteiger partial charge in [0.1, 0.15) is 0 Å². The topological polar surface area (TPSA) is 28.2 Å². The van der Waals surface area contributed by atoms with E-state index in [2.05, 4.69) is 65.4 Å². The molecular weight excluding hydrogens is 246 g/mol. The Morgan fingerprint density at radius 3 is 2.70 bits per heavy atom. The number of para-hydroxylation sites is 1. The van der Waals surface area contributed by atoms with E-state index in [1.54, 1.807) is 0 Å². The van der Waals surface area contributed by atoms with Crippen molar-refractivity contribution in [3.8, 4) is 0 Å². The monoisotopic (exact) mass is 267 g/mol. The molecular formula is C17H21N3. The molecule has 0 saturated carbocycles. The van der Waals surface area contributed by atoms with Gasteiger partial charge in [-0.25, -0.2) is 0 Å². The number of pyridine rings is 1. The summed E-state index contributed by atoms with van der Waals surface area (Å²) in [6.07, 6.45) is 3.73. The van der Waals surface area contributed by atoms with Crippen molar-refractivity contribution in [2.45, 2.75) is 32.5 Å².